The van der Waals surface area contributed by atoms with Crippen molar-refractivity contribution in [2.75, 3.05) is 6.54 Å². The highest BCUT2D eigenvalue weighted by atomic mass is 16.5. The molecule has 7 heteroatoms. The Kier molecular flexibility index (Phi) is 12.7. The van der Waals surface area contributed by atoms with Crippen LogP contribution in [-0.4, -0.2) is 35.6 Å². The van der Waals surface area contributed by atoms with E-state index in [1.165, 1.54) is 0 Å². The van der Waals surface area contributed by atoms with E-state index < -0.39 is 18.1 Å². The highest BCUT2D eigenvalue weighted by Gasteiger charge is 2.24. The van der Waals surface area contributed by atoms with Crippen molar-refractivity contribution >= 4 is 11.9 Å². The van der Waals surface area contributed by atoms with E-state index in [1.54, 1.807) is 12.1 Å². The van der Waals surface area contributed by atoms with Crippen molar-refractivity contribution in [3.8, 4) is 5.75 Å². The molecule has 0 radical (unpaired) electrons. The topological polar surface area (TPSA) is 96.9 Å². The maximum absolute atomic E-state index is 13.0. The quantitative estimate of drug-likeness (QED) is 0.127. The summed E-state index contributed by atoms with van der Waals surface area (Å²) >= 11 is 0. The smallest absolute Gasteiger partial charge is 0.328 e. The average Bonchev–Trinajstić information content (AvgIpc) is 3.06. The Hall–Kier alpha value is -4.46. The van der Waals surface area contributed by atoms with E-state index in [1.807, 2.05) is 118 Å². The van der Waals surface area contributed by atoms with Gasteiger partial charge in [0.05, 0.1) is 6.10 Å². The van der Waals surface area contributed by atoms with Gasteiger partial charge in [-0.2, -0.15) is 0 Å². The normalized spacial score (nSPS) is 13.1. The minimum atomic E-state index is -0.726. The van der Waals surface area contributed by atoms with Crippen LogP contribution in [0.1, 0.15) is 65.9 Å². The first kappa shape index (κ1) is 33.4. The van der Waals surface area contributed by atoms with Crippen LogP contribution >= 0.6 is 0 Å². The fourth-order valence-corrected chi connectivity index (χ4v) is 4.93. The Morgan fingerprint density at radius 1 is 0.733 bits per heavy atom. The maximum atomic E-state index is 13.0. The predicted octanol–water partition coefficient (Wildman–Crippen LogP) is 6.41. The van der Waals surface area contributed by atoms with E-state index in [9.17, 15) is 14.7 Å². The summed E-state index contributed by atoms with van der Waals surface area (Å²) in [6.45, 7) is 7.28. The molecule has 4 aromatic carbocycles. The molecule has 0 unspecified atom stereocenters. The highest BCUT2D eigenvalue weighted by molar-refractivity contribution is 5.96. The number of benzene rings is 4. The number of esters is 1. The van der Waals surface area contributed by atoms with E-state index in [0.717, 1.165) is 34.4 Å². The molecule has 4 aromatic rings. The van der Waals surface area contributed by atoms with Crippen LogP contribution in [0.3, 0.4) is 0 Å². The van der Waals surface area contributed by atoms with E-state index in [4.69, 9.17) is 9.47 Å². The lowest BCUT2D eigenvalue weighted by atomic mass is 10.0. The molecule has 3 atom stereocenters. The lowest BCUT2D eigenvalue weighted by Crippen LogP contribution is -2.42. The Bertz CT molecular complexity index is 1460. The van der Waals surface area contributed by atoms with Crippen LogP contribution in [0.25, 0.3) is 0 Å². The number of rotatable bonds is 16. The number of hydrogen-bond acceptors (Lipinski definition) is 6. The molecule has 0 fully saturated rings. The molecular formula is C38H44N2O5. The zero-order valence-electron chi connectivity index (χ0n) is 26.3. The van der Waals surface area contributed by atoms with Gasteiger partial charge in [-0.3, -0.25) is 4.79 Å². The molecule has 1 amide bonds. The summed E-state index contributed by atoms with van der Waals surface area (Å²) in [5.41, 5.74) is 4.35. The zero-order chi connectivity index (χ0) is 32.0. The van der Waals surface area contributed by atoms with Crippen molar-refractivity contribution < 1.29 is 24.2 Å². The molecule has 0 aliphatic rings. The largest absolute Gasteiger partial charge is 0.489 e. The van der Waals surface area contributed by atoms with Gasteiger partial charge in [0.25, 0.3) is 5.91 Å². The summed E-state index contributed by atoms with van der Waals surface area (Å²) in [4.78, 5) is 25.8. The fourth-order valence-electron chi connectivity index (χ4n) is 4.93. The van der Waals surface area contributed by atoms with Gasteiger partial charge in [0, 0.05) is 11.6 Å². The molecule has 0 heterocycles. The van der Waals surface area contributed by atoms with Crippen molar-refractivity contribution in [3.63, 3.8) is 0 Å². The zero-order valence-corrected chi connectivity index (χ0v) is 26.3. The first-order valence-corrected chi connectivity index (χ1v) is 15.6. The van der Waals surface area contributed by atoms with Gasteiger partial charge in [-0.15, -0.1) is 0 Å². The molecule has 0 spiro atoms. The van der Waals surface area contributed by atoms with Gasteiger partial charge in [-0.25, -0.2) is 4.79 Å². The van der Waals surface area contributed by atoms with E-state index >= 15 is 0 Å². The highest BCUT2D eigenvalue weighted by Crippen LogP contribution is 2.21. The molecule has 4 rings (SSSR count). The minimum absolute atomic E-state index is 0.161. The Morgan fingerprint density at radius 2 is 1.33 bits per heavy atom. The summed E-state index contributed by atoms with van der Waals surface area (Å²) in [6.07, 6.45) is 0.546. The van der Waals surface area contributed by atoms with Crippen molar-refractivity contribution in [2.45, 2.75) is 65.0 Å². The first-order chi connectivity index (χ1) is 21.8. The van der Waals surface area contributed by atoms with Crippen LogP contribution < -0.4 is 15.4 Å². The average molecular weight is 609 g/mol. The van der Waals surface area contributed by atoms with E-state index in [-0.39, 0.29) is 24.5 Å². The number of carbonyl (C=O) groups is 2. The second-order valence-electron chi connectivity index (χ2n) is 11.7. The molecule has 0 aliphatic carbocycles. The Balaban J connectivity index is 1.21. The summed E-state index contributed by atoms with van der Waals surface area (Å²) in [6, 6.07) is 33.5. The first-order valence-electron chi connectivity index (χ1n) is 15.6. The second kappa shape index (κ2) is 17.1. The molecule has 45 heavy (non-hydrogen) atoms. The monoisotopic (exact) mass is 608 g/mol. The molecule has 0 saturated carbocycles. The van der Waals surface area contributed by atoms with Gasteiger partial charge < -0.3 is 25.2 Å². The van der Waals surface area contributed by atoms with Crippen molar-refractivity contribution in [3.05, 3.63) is 137 Å². The van der Waals surface area contributed by atoms with Crippen LogP contribution in [0.4, 0.5) is 0 Å². The third kappa shape index (κ3) is 10.9. The standard InChI is InChI=1S/C38H44N2O5/c1-27(2)24-35(38(43)45-26-31-12-8-5-9-13-31)40-37(42)33-16-14-29(15-17-33)22-23-39-28(3)36(41)32-18-20-34(21-19-32)44-25-30-10-6-4-7-11-30/h4-21,27-28,35-36,39,41H,22-26H2,1-3H3,(H,40,42)/t28-,35-,36-/m0/s1. The van der Waals surface area contributed by atoms with Crippen LogP contribution in [-0.2, 0) is 29.2 Å². The number of aliphatic hydroxyl groups is 1. The molecule has 0 saturated heterocycles. The maximum Gasteiger partial charge on any atom is 0.328 e. The number of hydrogen-bond donors (Lipinski definition) is 3. The van der Waals surface area contributed by atoms with E-state index in [0.29, 0.717) is 25.1 Å². The second-order valence-corrected chi connectivity index (χ2v) is 11.7. The van der Waals surface area contributed by atoms with Crippen molar-refractivity contribution in [1.29, 1.82) is 0 Å². The summed E-state index contributed by atoms with van der Waals surface area (Å²) in [7, 11) is 0. The predicted molar refractivity (Wildman–Crippen MR) is 177 cm³/mol. The van der Waals surface area contributed by atoms with Gasteiger partial charge in [0.15, 0.2) is 0 Å². The summed E-state index contributed by atoms with van der Waals surface area (Å²) in [5, 5.41) is 17.1. The van der Waals surface area contributed by atoms with Gasteiger partial charge in [-0.05, 0) is 78.7 Å². The Morgan fingerprint density at radius 3 is 1.93 bits per heavy atom. The molecule has 236 valence electrons. The summed E-state index contributed by atoms with van der Waals surface area (Å²) in [5.74, 6) is 0.210. The molecule has 0 aliphatic heterocycles. The molecule has 0 bridgehead atoms. The van der Waals surface area contributed by atoms with Crippen molar-refractivity contribution in [2.24, 2.45) is 5.92 Å². The van der Waals surface area contributed by atoms with Crippen LogP contribution in [0.2, 0.25) is 0 Å². The summed E-state index contributed by atoms with van der Waals surface area (Å²) < 4.78 is 11.4. The number of carbonyl (C=O) groups excluding carboxylic acids is 2. The van der Waals surface area contributed by atoms with Gasteiger partial charge >= 0.3 is 5.97 Å². The van der Waals surface area contributed by atoms with E-state index in [2.05, 4.69) is 10.6 Å². The number of ether oxygens (including phenoxy) is 2. The molecule has 3 N–H and O–H groups in total. The molecule has 7 nitrogen and oxygen atoms in total. The van der Waals surface area contributed by atoms with Gasteiger partial charge in [-0.1, -0.05) is 98.8 Å². The van der Waals surface area contributed by atoms with Gasteiger partial charge in [0.1, 0.15) is 25.0 Å². The number of nitrogens with one attached hydrogen (secondary N) is 2. The minimum Gasteiger partial charge on any atom is -0.489 e. The SMILES string of the molecule is CC(C)C[C@H](NC(=O)c1ccc(CCN[C@@H](C)[C@H](O)c2ccc(OCc3ccccc3)cc2)cc1)C(=O)OCc1ccccc1. The molecular weight excluding hydrogens is 564 g/mol. The van der Waals surface area contributed by atoms with Crippen molar-refractivity contribution in [1.82, 2.24) is 10.6 Å². The fraction of sp³-hybridized carbons (Fsp3) is 0.316. The third-order valence-corrected chi connectivity index (χ3v) is 7.56. The van der Waals surface area contributed by atoms with Crippen LogP contribution in [0.5, 0.6) is 5.75 Å². The van der Waals surface area contributed by atoms with Crippen LogP contribution in [0.15, 0.2) is 109 Å². The lowest BCUT2D eigenvalue weighted by molar-refractivity contribution is -0.147. The Labute approximate surface area is 266 Å². The number of amides is 1. The number of aliphatic hydroxyl groups excluding tert-OH is 1. The lowest BCUT2D eigenvalue weighted by Gasteiger charge is -2.21. The van der Waals surface area contributed by atoms with Crippen LogP contribution in [0, 0.1) is 5.92 Å². The third-order valence-electron chi connectivity index (χ3n) is 7.56. The van der Waals surface area contributed by atoms with Gasteiger partial charge in [0.2, 0.25) is 0 Å². The molecule has 0 aromatic heterocycles.